The van der Waals surface area contributed by atoms with Crippen LogP contribution >= 0.6 is 0 Å². The topological polar surface area (TPSA) is 18.5 Å². The van der Waals surface area contributed by atoms with Crippen molar-refractivity contribution in [3.8, 4) is 0 Å². The molecule has 0 saturated carbocycles. The van der Waals surface area contributed by atoms with E-state index >= 15 is 0 Å². The highest BCUT2D eigenvalue weighted by atomic mass is 17.2. The standard InChI is InChI=1S/C5H10O2/c1-2-5-3-4-6-7-5/h5H,2-4H2,1H3. The van der Waals surface area contributed by atoms with Gasteiger partial charge in [-0.15, -0.1) is 0 Å². The first kappa shape index (κ1) is 5.06. The molecule has 1 fully saturated rings. The molecule has 2 nitrogen and oxygen atoms in total. The second-order valence-corrected chi connectivity index (χ2v) is 1.74. The van der Waals surface area contributed by atoms with Crippen molar-refractivity contribution in [2.75, 3.05) is 6.61 Å². The van der Waals surface area contributed by atoms with E-state index in [9.17, 15) is 0 Å². The molecular formula is C5H10O2. The van der Waals surface area contributed by atoms with Crippen LogP contribution in [-0.2, 0) is 9.78 Å². The fraction of sp³-hybridized carbons (Fsp3) is 1.00. The van der Waals surface area contributed by atoms with Crippen LogP contribution in [0.5, 0.6) is 0 Å². The minimum atomic E-state index is 0.375. The summed E-state index contributed by atoms with van der Waals surface area (Å²) in [4.78, 5) is 9.45. The molecule has 0 spiro atoms. The molecule has 42 valence electrons. The largest absolute Gasteiger partial charge is 0.236 e. The van der Waals surface area contributed by atoms with Gasteiger partial charge in [0, 0.05) is 6.42 Å². The van der Waals surface area contributed by atoms with E-state index in [1.807, 2.05) is 0 Å². The van der Waals surface area contributed by atoms with E-state index in [0.29, 0.717) is 6.10 Å². The first-order valence-electron chi connectivity index (χ1n) is 2.71. The van der Waals surface area contributed by atoms with Crippen molar-refractivity contribution in [3.05, 3.63) is 0 Å². The Morgan fingerprint density at radius 1 is 1.71 bits per heavy atom. The Morgan fingerprint density at radius 2 is 2.57 bits per heavy atom. The van der Waals surface area contributed by atoms with E-state index in [4.69, 9.17) is 4.89 Å². The number of hydrogen-bond donors (Lipinski definition) is 0. The lowest BCUT2D eigenvalue weighted by Gasteiger charge is -1.97. The molecule has 1 unspecified atom stereocenters. The average Bonchev–Trinajstić information content (AvgIpc) is 2.14. The van der Waals surface area contributed by atoms with Crippen molar-refractivity contribution in [2.45, 2.75) is 25.9 Å². The van der Waals surface area contributed by atoms with Crippen molar-refractivity contribution in [3.63, 3.8) is 0 Å². The molecule has 0 radical (unpaired) electrons. The number of rotatable bonds is 1. The Morgan fingerprint density at radius 3 is 2.86 bits per heavy atom. The van der Waals surface area contributed by atoms with E-state index in [0.717, 1.165) is 19.4 Å². The molecule has 1 saturated heterocycles. The highest BCUT2D eigenvalue weighted by Crippen LogP contribution is 2.10. The Hall–Kier alpha value is -0.0800. The van der Waals surface area contributed by atoms with Gasteiger partial charge in [0.15, 0.2) is 0 Å². The van der Waals surface area contributed by atoms with Gasteiger partial charge >= 0.3 is 0 Å². The molecule has 1 atom stereocenters. The predicted molar refractivity (Wildman–Crippen MR) is 25.7 cm³/mol. The van der Waals surface area contributed by atoms with Crippen LogP contribution in [0.2, 0.25) is 0 Å². The van der Waals surface area contributed by atoms with Crippen LogP contribution < -0.4 is 0 Å². The van der Waals surface area contributed by atoms with Gasteiger partial charge in [0.25, 0.3) is 0 Å². The number of hydrogen-bond acceptors (Lipinski definition) is 2. The summed E-state index contributed by atoms with van der Waals surface area (Å²) < 4.78 is 0. The second-order valence-electron chi connectivity index (χ2n) is 1.74. The van der Waals surface area contributed by atoms with Gasteiger partial charge in [-0.1, -0.05) is 6.92 Å². The third kappa shape index (κ3) is 1.14. The van der Waals surface area contributed by atoms with E-state index in [2.05, 4.69) is 11.8 Å². The SMILES string of the molecule is CCC1CCOO1. The Labute approximate surface area is 43.3 Å². The molecule has 1 aliphatic heterocycles. The Balaban J connectivity index is 2.14. The molecule has 1 heterocycles. The second kappa shape index (κ2) is 2.28. The lowest BCUT2D eigenvalue weighted by molar-refractivity contribution is -0.274. The Kier molecular flexibility index (Phi) is 1.65. The summed E-state index contributed by atoms with van der Waals surface area (Å²) in [6.45, 7) is 2.87. The normalized spacial score (nSPS) is 31.3. The minimum Gasteiger partial charge on any atom is -0.236 e. The fourth-order valence-corrected chi connectivity index (χ4v) is 0.644. The molecule has 0 bridgehead atoms. The van der Waals surface area contributed by atoms with Crippen molar-refractivity contribution >= 4 is 0 Å². The third-order valence-electron chi connectivity index (χ3n) is 1.18. The Bertz CT molecular complexity index is 48.0. The average molecular weight is 102 g/mol. The zero-order valence-electron chi connectivity index (χ0n) is 4.52. The van der Waals surface area contributed by atoms with Crippen LogP contribution in [0.15, 0.2) is 0 Å². The molecule has 0 aromatic carbocycles. The van der Waals surface area contributed by atoms with E-state index in [1.54, 1.807) is 0 Å². The summed E-state index contributed by atoms with van der Waals surface area (Å²) in [5.74, 6) is 0. The van der Waals surface area contributed by atoms with Crippen molar-refractivity contribution < 1.29 is 9.78 Å². The first-order valence-corrected chi connectivity index (χ1v) is 2.71. The van der Waals surface area contributed by atoms with Crippen LogP contribution in [0.3, 0.4) is 0 Å². The maximum Gasteiger partial charge on any atom is 0.0950 e. The molecule has 2 heteroatoms. The van der Waals surface area contributed by atoms with Crippen molar-refractivity contribution in [1.82, 2.24) is 0 Å². The smallest absolute Gasteiger partial charge is 0.0950 e. The molecule has 0 aromatic heterocycles. The van der Waals surface area contributed by atoms with Gasteiger partial charge in [0.05, 0.1) is 12.7 Å². The van der Waals surface area contributed by atoms with Gasteiger partial charge in [-0.2, -0.15) is 0 Å². The summed E-state index contributed by atoms with van der Waals surface area (Å²) in [6.07, 6.45) is 2.51. The highest BCUT2D eigenvalue weighted by Gasteiger charge is 2.13. The summed E-state index contributed by atoms with van der Waals surface area (Å²) in [7, 11) is 0. The van der Waals surface area contributed by atoms with Gasteiger partial charge in [-0.25, -0.2) is 9.78 Å². The molecular weight excluding hydrogens is 92.1 g/mol. The van der Waals surface area contributed by atoms with Crippen LogP contribution in [0, 0.1) is 0 Å². The quantitative estimate of drug-likeness (QED) is 0.462. The third-order valence-corrected chi connectivity index (χ3v) is 1.18. The van der Waals surface area contributed by atoms with Gasteiger partial charge in [-0.05, 0) is 6.42 Å². The minimum absolute atomic E-state index is 0.375. The van der Waals surface area contributed by atoms with E-state index < -0.39 is 0 Å². The summed E-state index contributed by atoms with van der Waals surface area (Å²) in [6, 6.07) is 0. The molecule has 1 aliphatic rings. The maximum absolute atomic E-state index is 4.80. The zero-order valence-corrected chi connectivity index (χ0v) is 4.52. The monoisotopic (exact) mass is 102 g/mol. The molecule has 0 N–H and O–H groups in total. The van der Waals surface area contributed by atoms with Crippen molar-refractivity contribution in [2.24, 2.45) is 0 Å². The van der Waals surface area contributed by atoms with Gasteiger partial charge < -0.3 is 0 Å². The van der Waals surface area contributed by atoms with Gasteiger partial charge in [0.1, 0.15) is 0 Å². The van der Waals surface area contributed by atoms with Gasteiger partial charge in [0.2, 0.25) is 0 Å². The van der Waals surface area contributed by atoms with Gasteiger partial charge in [-0.3, -0.25) is 0 Å². The summed E-state index contributed by atoms with van der Waals surface area (Å²) in [5, 5.41) is 0. The maximum atomic E-state index is 4.80. The van der Waals surface area contributed by atoms with Crippen LogP contribution in [0.1, 0.15) is 19.8 Å². The van der Waals surface area contributed by atoms with E-state index in [-0.39, 0.29) is 0 Å². The fourth-order valence-electron chi connectivity index (χ4n) is 0.644. The van der Waals surface area contributed by atoms with Crippen LogP contribution in [-0.4, -0.2) is 12.7 Å². The predicted octanol–water partition coefficient (Wildman–Crippen LogP) is 1.12. The lowest BCUT2D eigenvalue weighted by atomic mass is 10.2. The highest BCUT2D eigenvalue weighted by molar-refractivity contribution is 4.54. The molecule has 7 heavy (non-hydrogen) atoms. The lowest BCUT2D eigenvalue weighted by Crippen LogP contribution is -2.00. The first-order chi connectivity index (χ1) is 3.43. The van der Waals surface area contributed by atoms with Crippen molar-refractivity contribution in [1.29, 1.82) is 0 Å². The molecule has 0 aromatic rings. The summed E-state index contributed by atoms with van der Waals surface area (Å²) in [5.41, 5.74) is 0. The molecule has 0 aliphatic carbocycles. The summed E-state index contributed by atoms with van der Waals surface area (Å²) >= 11 is 0. The van der Waals surface area contributed by atoms with Crippen LogP contribution in [0.4, 0.5) is 0 Å². The van der Waals surface area contributed by atoms with E-state index in [1.165, 1.54) is 0 Å². The zero-order chi connectivity index (χ0) is 5.11. The molecule has 1 rings (SSSR count). The molecule has 0 amide bonds. The van der Waals surface area contributed by atoms with Crippen LogP contribution in [0.25, 0.3) is 0 Å².